The summed E-state index contributed by atoms with van der Waals surface area (Å²) < 4.78 is 1.81. The number of aromatic nitrogens is 5. The maximum absolute atomic E-state index is 12.6. The Morgan fingerprint density at radius 3 is 2.62 bits per heavy atom. The first-order chi connectivity index (χ1) is 18.2. The molecular weight excluding hydrogens is 462 g/mol. The van der Waals surface area contributed by atoms with E-state index in [4.69, 9.17) is 4.98 Å². The third-order valence-electron chi connectivity index (χ3n) is 7.00. The highest BCUT2D eigenvalue weighted by atomic mass is 16.1. The molecule has 1 N–H and O–H groups in total. The molecule has 1 amide bonds. The molecule has 0 bridgehead atoms. The zero-order valence-corrected chi connectivity index (χ0v) is 20.7. The monoisotopic (exact) mass is 491 g/mol. The van der Waals surface area contributed by atoms with Crippen LogP contribution >= 0.6 is 0 Å². The minimum Gasteiger partial charge on any atom is -0.351 e. The molecule has 186 valence electrons. The van der Waals surface area contributed by atoms with Crippen LogP contribution < -0.4 is 5.32 Å². The molecule has 1 saturated heterocycles. The molecule has 5 aromatic rings. The maximum atomic E-state index is 12.6. The molecule has 0 spiro atoms. The highest BCUT2D eigenvalue weighted by molar-refractivity contribution is 5.94. The van der Waals surface area contributed by atoms with E-state index in [2.05, 4.69) is 43.7 Å². The number of likely N-dealkylation sites (tertiary alicyclic amines) is 1. The average Bonchev–Trinajstić information content (AvgIpc) is 3.36. The number of benzene rings is 2. The van der Waals surface area contributed by atoms with Crippen LogP contribution in [-0.2, 0) is 6.54 Å². The van der Waals surface area contributed by atoms with Gasteiger partial charge in [-0.05, 0) is 61.8 Å². The molecule has 0 radical (unpaired) electrons. The first-order valence-corrected chi connectivity index (χ1v) is 12.9. The molecule has 1 aliphatic heterocycles. The molecule has 8 nitrogen and oxygen atoms in total. The van der Waals surface area contributed by atoms with Crippen molar-refractivity contribution >= 4 is 28.0 Å². The van der Waals surface area contributed by atoms with Crippen LogP contribution in [-0.4, -0.2) is 61.9 Å². The van der Waals surface area contributed by atoms with Gasteiger partial charge in [-0.3, -0.25) is 9.78 Å². The Balaban J connectivity index is 1.17. The Hall–Kier alpha value is -4.17. The molecule has 6 rings (SSSR count). The van der Waals surface area contributed by atoms with Crippen molar-refractivity contribution in [1.82, 2.24) is 35.2 Å². The number of para-hydroxylation sites is 1. The predicted octanol–water partition coefficient (Wildman–Crippen LogP) is 4.31. The Labute approximate surface area is 215 Å². The molecule has 4 heterocycles. The first-order valence-electron chi connectivity index (χ1n) is 12.9. The molecule has 0 aliphatic carbocycles. The smallest absolute Gasteiger partial charge is 0.251 e. The number of carbonyl (C=O) groups is 1. The number of piperidine rings is 1. The number of carbonyl (C=O) groups excluding carboxylic acids is 1. The van der Waals surface area contributed by atoms with Crippen LogP contribution in [0.15, 0.2) is 72.9 Å². The van der Waals surface area contributed by atoms with Gasteiger partial charge in [-0.25, -0.2) is 9.67 Å². The normalized spacial score (nSPS) is 14.3. The van der Waals surface area contributed by atoms with Crippen LogP contribution in [0.1, 0.15) is 35.2 Å². The predicted molar refractivity (Wildman–Crippen MR) is 144 cm³/mol. The number of amides is 1. The molecule has 8 heteroatoms. The lowest BCUT2D eigenvalue weighted by Gasteiger charge is -2.26. The molecule has 1 aliphatic rings. The Kier molecular flexibility index (Phi) is 6.56. The summed E-state index contributed by atoms with van der Waals surface area (Å²) in [7, 11) is 0. The summed E-state index contributed by atoms with van der Waals surface area (Å²) >= 11 is 0. The van der Waals surface area contributed by atoms with Gasteiger partial charge in [-0.15, -0.1) is 5.10 Å². The maximum Gasteiger partial charge on any atom is 0.251 e. The van der Waals surface area contributed by atoms with Gasteiger partial charge < -0.3 is 10.2 Å². The van der Waals surface area contributed by atoms with Gasteiger partial charge >= 0.3 is 0 Å². The number of pyridine rings is 2. The van der Waals surface area contributed by atoms with E-state index in [9.17, 15) is 4.79 Å². The van der Waals surface area contributed by atoms with E-state index in [-0.39, 0.29) is 5.91 Å². The van der Waals surface area contributed by atoms with E-state index >= 15 is 0 Å². The van der Waals surface area contributed by atoms with Crippen molar-refractivity contribution in [2.75, 3.05) is 26.2 Å². The lowest BCUT2D eigenvalue weighted by molar-refractivity contribution is 0.0946. The van der Waals surface area contributed by atoms with E-state index < -0.39 is 0 Å². The van der Waals surface area contributed by atoms with E-state index in [0.29, 0.717) is 24.3 Å². The van der Waals surface area contributed by atoms with Gasteiger partial charge in [0.25, 0.3) is 5.91 Å². The molecule has 37 heavy (non-hydrogen) atoms. The van der Waals surface area contributed by atoms with E-state index in [1.807, 2.05) is 53.2 Å². The molecule has 3 aromatic heterocycles. The quantitative estimate of drug-likeness (QED) is 0.365. The van der Waals surface area contributed by atoms with E-state index in [1.165, 1.54) is 19.3 Å². The minimum atomic E-state index is -0.0436. The highest BCUT2D eigenvalue weighted by Gasteiger charge is 2.13. The summed E-state index contributed by atoms with van der Waals surface area (Å²) in [6.45, 7) is 4.37. The fourth-order valence-corrected chi connectivity index (χ4v) is 4.98. The zero-order valence-electron chi connectivity index (χ0n) is 20.7. The molecule has 2 aromatic carbocycles. The Morgan fingerprint density at radius 2 is 1.76 bits per heavy atom. The summed E-state index contributed by atoms with van der Waals surface area (Å²) in [5, 5.41) is 12.8. The van der Waals surface area contributed by atoms with Crippen LogP contribution in [0.2, 0.25) is 0 Å². The molecule has 0 unspecified atom stereocenters. The summed E-state index contributed by atoms with van der Waals surface area (Å²) in [6, 6.07) is 21.6. The minimum absolute atomic E-state index is 0.0436. The summed E-state index contributed by atoms with van der Waals surface area (Å²) in [5.74, 6) is -0.0436. The lowest BCUT2D eigenvalue weighted by Crippen LogP contribution is -2.37. The van der Waals surface area contributed by atoms with Gasteiger partial charge in [0.2, 0.25) is 0 Å². The van der Waals surface area contributed by atoms with Gasteiger partial charge in [-0.2, -0.15) is 0 Å². The van der Waals surface area contributed by atoms with Gasteiger partial charge in [0.05, 0.1) is 17.8 Å². The number of rotatable bonds is 7. The van der Waals surface area contributed by atoms with E-state index in [1.54, 1.807) is 6.20 Å². The van der Waals surface area contributed by atoms with Crippen LogP contribution in [0.25, 0.3) is 33.3 Å². The summed E-state index contributed by atoms with van der Waals surface area (Å²) in [5.41, 5.74) is 5.86. The molecule has 0 atom stereocenters. The lowest BCUT2D eigenvalue weighted by atomic mass is 10.1. The fourth-order valence-electron chi connectivity index (χ4n) is 4.98. The number of nitrogens with zero attached hydrogens (tertiary/aromatic N) is 6. The fraction of sp³-hybridized carbons (Fsp3) is 0.276. The van der Waals surface area contributed by atoms with Crippen molar-refractivity contribution in [3.8, 4) is 11.3 Å². The number of fused-ring (bicyclic) bond motifs is 2. The Morgan fingerprint density at radius 1 is 0.919 bits per heavy atom. The first kappa shape index (κ1) is 23.2. The van der Waals surface area contributed by atoms with Gasteiger partial charge in [-0.1, -0.05) is 48.0 Å². The molecular formula is C29H29N7O. The van der Waals surface area contributed by atoms with Crippen LogP contribution in [0.3, 0.4) is 0 Å². The Bertz CT molecular complexity index is 1530. The van der Waals surface area contributed by atoms with Crippen LogP contribution in [0.5, 0.6) is 0 Å². The zero-order chi connectivity index (χ0) is 25.0. The summed E-state index contributed by atoms with van der Waals surface area (Å²) in [4.78, 5) is 24.5. The second kappa shape index (κ2) is 10.4. The average molecular weight is 492 g/mol. The second-order valence-electron chi connectivity index (χ2n) is 9.51. The largest absolute Gasteiger partial charge is 0.351 e. The number of hydrogen-bond donors (Lipinski definition) is 1. The molecule has 1 fully saturated rings. The summed E-state index contributed by atoms with van der Waals surface area (Å²) in [6.07, 6.45) is 5.64. The van der Waals surface area contributed by atoms with Gasteiger partial charge in [0, 0.05) is 35.8 Å². The second-order valence-corrected chi connectivity index (χ2v) is 9.51. The third kappa shape index (κ3) is 5.06. The topological polar surface area (TPSA) is 88.8 Å². The van der Waals surface area contributed by atoms with Crippen molar-refractivity contribution in [2.24, 2.45) is 0 Å². The van der Waals surface area contributed by atoms with Crippen molar-refractivity contribution in [1.29, 1.82) is 0 Å². The number of nitrogens with one attached hydrogen (secondary N) is 1. The van der Waals surface area contributed by atoms with Gasteiger partial charge in [0.1, 0.15) is 5.52 Å². The van der Waals surface area contributed by atoms with Crippen molar-refractivity contribution < 1.29 is 4.79 Å². The molecule has 0 saturated carbocycles. The number of hydrogen-bond acceptors (Lipinski definition) is 6. The van der Waals surface area contributed by atoms with Crippen LogP contribution in [0.4, 0.5) is 0 Å². The van der Waals surface area contributed by atoms with E-state index in [0.717, 1.165) is 52.9 Å². The highest BCUT2D eigenvalue weighted by Crippen LogP contribution is 2.22. The van der Waals surface area contributed by atoms with Crippen molar-refractivity contribution in [3.63, 3.8) is 0 Å². The van der Waals surface area contributed by atoms with Crippen molar-refractivity contribution in [2.45, 2.75) is 25.8 Å². The standard InChI is InChI=1S/C29H29N7O/c37-29(31-16-19-35-17-2-1-3-18-35)23-11-9-21(10-12-23)25-13-14-26-28(32-25)36(34-33-26)20-24-7-4-6-22-8-5-15-30-27(22)24/h4-15H,1-3,16-20H2,(H,31,37). The third-order valence-corrected chi connectivity index (χ3v) is 7.00. The van der Waals surface area contributed by atoms with Gasteiger partial charge in [0.15, 0.2) is 5.65 Å². The van der Waals surface area contributed by atoms with Crippen molar-refractivity contribution in [3.05, 3.63) is 84.1 Å². The van der Waals surface area contributed by atoms with Crippen LogP contribution in [0, 0.1) is 0 Å². The SMILES string of the molecule is O=C(NCCN1CCCCC1)c1ccc(-c2ccc3nnn(Cc4cccc5cccnc45)c3n2)cc1.